The molecule has 1 N–H and O–H groups in total. The van der Waals surface area contributed by atoms with Crippen LogP contribution in [0.2, 0.25) is 5.02 Å². The van der Waals surface area contributed by atoms with Crippen LogP contribution in [0.5, 0.6) is 5.75 Å². The number of hydrogen-bond acceptors (Lipinski definition) is 5. The zero-order valence-electron chi connectivity index (χ0n) is 16.5. The molecular weight excluding hydrogens is 420 g/mol. The minimum absolute atomic E-state index is 0.0327. The zero-order chi connectivity index (χ0) is 22.2. The molecule has 0 saturated carbocycles. The number of rotatable bonds is 5. The second-order valence-corrected chi connectivity index (χ2v) is 7.53. The molecule has 0 spiro atoms. The number of likely N-dealkylation sites (N-methyl/N-ethyl adjacent to an activating group) is 1. The first-order valence-electron chi connectivity index (χ1n) is 9.07. The molecule has 0 aromatic carbocycles. The number of ether oxygens (including phenoxy) is 1. The Hall–Kier alpha value is -2.94. The third-order valence-corrected chi connectivity index (χ3v) is 5.41. The van der Waals surface area contributed by atoms with Crippen molar-refractivity contribution in [3.05, 3.63) is 68.5 Å². The molecule has 0 bridgehead atoms. The molecule has 10 heteroatoms. The van der Waals surface area contributed by atoms with Crippen LogP contribution in [0.3, 0.4) is 0 Å². The van der Waals surface area contributed by atoms with E-state index in [2.05, 4.69) is 4.98 Å². The van der Waals surface area contributed by atoms with E-state index in [4.69, 9.17) is 16.3 Å². The van der Waals surface area contributed by atoms with Gasteiger partial charge in [0, 0.05) is 37.5 Å². The standard InChI is InChI=1S/C20H20ClF2N3O4/c1-10-8-25(3)16(20(28)29)6-15(10)26-11(2)4-17(18(21)19(26)27)30-9-14-13(23)5-12(22)7-24-14/h4-5,7-8,15-16H,6,9H2,1-3H3,(H,28,29)/t15-,16-/m1/s1. The quantitative estimate of drug-likeness (QED) is 0.769. The molecule has 0 radical (unpaired) electrons. The van der Waals surface area contributed by atoms with Crippen molar-refractivity contribution >= 4 is 17.6 Å². The van der Waals surface area contributed by atoms with Crippen molar-refractivity contribution in [3.8, 4) is 5.75 Å². The molecule has 2 aromatic rings. The predicted molar refractivity (Wildman–Crippen MR) is 106 cm³/mol. The van der Waals surface area contributed by atoms with Gasteiger partial charge in [0.2, 0.25) is 0 Å². The summed E-state index contributed by atoms with van der Waals surface area (Å²) in [7, 11) is 1.67. The van der Waals surface area contributed by atoms with Gasteiger partial charge in [0.25, 0.3) is 5.56 Å². The molecule has 3 rings (SSSR count). The molecule has 160 valence electrons. The molecule has 30 heavy (non-hydrogen) atoms. The molecule has 0 saturated heterocycles. The Morgan fingerprint density at radius 2 is 2.07 bits per heavy atom. The number of pyridine rings is 2. The molecule has 7 nitrogen and oxygen atoms in total. The van der Waals surface area contributed by atoms with Crippen molar-refractivity contribution in [1.29, 1.82) is 0 Å². The van der Waals surface area contributed by atoms with Crippen molar-refractivity contribution < 1.29 is 23.4 Å². The summed E-state index contributed by atoms with van der Waals surface area (Å²) in [5.74, 6) is -2.64. The second-order valence-electron chi connectivity index (χ2n) is 7.15. The summed E-state index contributed by atoms with van der Waals surface area (Å²) in [6, 6.07) is 0.932. The Balaban J connectivity index is 1.92. The number of aryl methyl sites for hydroxylation is 1. The van der Waals surface area contributed by atoms with Gasteiger partial charge in [0.15, 0.2) is 5.82 Å². The van der Waals surface area contributed by atoms with Crippen LogP contribution in [0.4, 0.5) is 8.78 Å². The summed E-state index contributed by atoms with van der Waals surface area (Å²) in [6.07, 6.45) is 2.75. The SMILES string of the molecule is CC1=CN(C)[C@@H](C(=O)O)C[C@H]1n1c(C)cc(OCc2ncc(F)cc2F)c(Cl)c1=O. The molecule has 1 aliphatic rings. The van der Waals surface area contributed by atoms with E-state index in [1.807, 2.05) is 6.92 Å². The van der Waals surface area contributed by atoms with Crippen LogP contribution in [0.15, 0.2) is 34.9 Å². The predicted octanol–water partition coefficient (Wildman–Crippen LogP) is 3.30. The fraction of sp³-hybridized carbons (Fsp3) is 0.350. The van der Waals surface area contributed by atoms with Gasteiger partial charge < -0.3 is 19.3 Å². The molecule has 0 unspecified atom stereocenters. The highest BCUT2D eigenvalue weighted by Crippen LogP contribution is 2.32. The third-order valence-electron chi connectivity index (χ3n) is 5.06. The molecule has 2 atom stereocenters. The number of hydrogen-bond donors (Lipinski definition) is 1. The summed E-state index contributed by atoms with van der Waals surface area (Å²) in [5.41, 5.74) is 0.624. The smallest absolute Gasteiger partial charge is 0.326 e. The summed E-state index contributed by atoms with van der Waals surface area (Å²) in [5, 5.41) is 9.23. The molecule has 0 aliphatic carbocycles. The summed E-state index contributed by atoms with van der Waals surface area (Å²) < 4.78 is 33.6. The van der Waals surface area contributed by atoms with Crippen molar-refractivity contribution in [3.63, 3.8) is 0 Å². The van der Waals surface area contributed by atoms with Crippen LogP contribution in [0.1, 0.15) is 30.8 Å². The average molecular weight is 440 g/mol. The van der Waals surface area contributed by atoms with E-state index in [0.717, 1.165) is 11.8 Å². The van der Waals surface area contributed by atoms with Crippen molar-refractivity contribution in [2.75, 3.05) is 7.05 Å². The lowest BCUT2D eigenvalue weighted by Gasteiger charge is -2.35. The monoisotopic (exact) mass is 439 g/mol. The maximum absolute atomic E-state index is 13.8. The second kappa shape index (κ2) is 8.43. The number of halogens is 3. The molecular formula is C20H20ClF2N3O4. The van der Waals surface area contributed by atoms with E-state index < -0.39 is 35.2 Å². The Kier molecular flexibility index (Phi) is 6.12. The van der Waals surface area contributed by atoms with Crippen molar-refractivity contribution in [2.24, 2.45) is 0 Å². The maximum atomic E-state index is 13.8. The van der Waals surface area contributed by atoms with Gasteiger partial charge >= 0.3 is 5.97 Å². The Bertz CT molecular complexity index is 1090. The molecule has 0 amide bonds. The average Bonchev–Trinajstić information content (AvgIpc) is 2.66. The van der Waals surface area contributed by atoms with E-state index in [0.29, 0.717) is 11.8 Å². The number of allylic oxidation sites excluding steroid dienone is 1. The van der Waals surface area contributed by atoms with Gasteiger partial charge in [-0.25, -0.2) is 13.6 Å². The topological polar surface area (TPSA) is 84.7 Å². The molecule has 3 heterocycles. The van der Waals surface area contributed by atoms with Crippen LogP contribution in [0, 0.1) is 18.6 Å². The lowest BCUT2D eigenvalue weighted by atomic mass is 9.95. The van der Waals surface area contributed by atoms with E-state index >= 15 is 0 Å². The van der Waals surface area contributed by atoms with Crippen LogP contribution < -0.4 is 10.3 Å². The fourth-order valence-corrected chi connectivity index (χ4v) is 3.73. The zero-order valence-corrected chi connectivity index (χ0v) is 17.3. The van der Waals surface area contributed by atoms with E-state index in [1.165, 1.54) is 10.6 Å². The largest absolute Gasteiger partial charge is 0.485 e. The van der Waals surface area contributed by atoms with E-state index in [1.54, 1.807) is 25.1 Å². The van der Waals surface area contributed by atoms with Gasteiger partial charge in [-0.2, -0.15) is 0 Å². The normalized spacial score (nSPS) is 18.9. The number of aromatic nitrogens is 2. The Labute approximate surface area is 176 Å². The van der Waals surface area contributed by atoms with Gasteiger partial charge in [-0.1, -0.05) is 11.6 Å². The van der Waals surface area contributed by atoms with E-state index in [-0.39, 0.29) is 29.5 Å². The first kappa shape index (κ1) is 21.8. The Morgan fingerprint density at radius 1 is 1.37 bits per heavy atom. The lowest BCUT2D eigenvalue weighted by molar-refractivity contribution is -0.142. The van der Waals surface area contributed by atoms with E-state index in [9.17, 15) is 23.5 Å². The molecule has 2 aromatic heterocycles. The minimum Gasteiger partial charge on any atom is -0.485 e. The number of aliphatic carboxylic acids is 1. The van der Waals surface area contributed by atoms with Crippen LogP contribution in [-0.4, -0.2) is 38.6 Å². The highest BCUT2D eigenvalue weighted by atomic mass is 35.5. The van der Waals surface area contributed by atoms with Crippen molar-refractivity contribution in [1.82, 2.24) is 14.5 Å². The van der Waals surface area contributed by atoms with Crippen LogP contribution in [-0.2, 0) is 11.4 Å². The fourth-order valence-electron chi connectivity index (χ4n) is 3.53. The van der Waals surface area contributed by atoms with Gasteiger partial charge in [-0.05, 0) is 19.4 Å². The number of carboxylic acids is 1. The van der Waals surface area contributed by atoms with Crippen LogP contribution in [0.25, 0.3) is 0 Å². The maximum Gasteiger partial charge on any atom is 0.326 e. The number of nitrogens with zero attached hydrogens (tertiary/aromatic N) is 3. The Morgan fingerprint density at radius 3 is 2.70 bits per heavy atom. The van der Waals surface area contributed by atoms with Gasteiger partial charge in [-0.3, -0.25) is 9.78 Å². The van der Waals surface area contributed by atoms with Gasteiger partial charge in [-0.15, -0.1) is 0 Å². The highest BCUT2D eigenvalue weighted by molar-refractivity contribution is 6.31. The summed E-state index contributed by atoms with van der Waals surface area (Å²) >= 11 is 6.22. The van der Waals surface area contributed by atoms with Gasteiger partial charge in [0.1, 0.15) is 34.9 Å². The minimum atomic E-state index is -0.989. The first-order valence-corrected chi connectivity index (χ1v) is 9.45. The third kappa shape index (κ3) is 4.16. The lowest BCUT2D eigenvalue weighted by Crippen LogP contribution is -2.43. The van der Waals surface area contributed by atoms with Crippen LogP contribution >= 0.6 is 11.6 Å². The van der Waals surface area contributed by atoms with Gasteiger partial charge in [0.05, 0.1) is 12.2 Å². The number of carbonyl (C=O) groups is 1. The number of carboxylic acid groups (broad SMARTS) is 1. The highest BCUT2D eigenvalue weighted by Gasteiger charge is 2.33. The molecule has 1 aliphatic heterocycles. The first-order chi connectivity index (χ1) is 14.1. The summed E-state index contributed by atoms with van der Waals surface area (Å²) in [4.78, 5) is 29.7. The summed E-state index contributed by atoms with van der Waals surface area (Å²) in [6.45, 7) is 3.14. The van der Waals surface area contributed by atoms with Crippen molar-refractivity contribution in [2.45, 2.75) is 39.0 Å². The molecule has 0 fully saturated rings.